The van der Waals surface area contributed by atoms with Crippen LogP contribution in [0.3, 0.4) is 0 Å². The highest BCUT2D eigenvalue weighted by Gasteiger charge is 1.94. The molecule has 96 valence electrons. The van der Waals surface area contributed by atoms with Crippen LogP contribution < -0.4 is 10.1 Å². The molecule has 1 aromatic heterocycles. The molecule has 0 amide bonds. The van der Waals surface area contributed by atoms with Crippen LogP contribution in [0.2, 0.25) is 0 Å². The fourth-order valence-corrected chi connectivity index (χ4v) is 1.52. The molecule has 0 spiro atoms. The number of hydrogen-bond acceptors (Lipinski definition) is 3. The molecule has 0 aliphatic carbocycles. The van der Waals surface area contributed by atoms with Gasteiger partial charge in [0, 0.05) is 25.5 Å². The van der Waals surface area contributed by atoms with E-state index in [-0.39, 0.29) is 5.82 Å². The van der Waals surface area contributed by atoms with Gasteiger partial charge in [0.1, 0.15) is 18.2 Å². The lowest BCUT2D eigenvalue weighted by Crippen LogP contribution is -2.25. The SMILES string of the molecule is Fc1ccc(OCCNCCn2cccn2)cc1. The van der Waals surface area contributed by atoms with Gasteiger partial charge < -0.3 is 10.1 Å². The topological polar surface area (TPSA) is 39.1 Å². The minimum absolute atomic E-state index is 0.250. The summed E-state index contributed by atoms with van der Waals surface area (Å²) in [5.74, 6) is 0.435. The normalized spacial score (nSPS) is 10.5. The quantitative estimate of drug-likeness (QED) is 0.759. The third kappa shape index (κ3) is 4.18. The molecule has 1 N–H and O–H groups in total. The van der Waals surface area contributed by atoms with Crippen LogP contribution in [0.25, 0.3) is 0 Å². The Hall–Kier alpha value is -1.88. The van der Waals surface area contributed by atoms with Crippen LogP contribution in [0, 0.1) is 5.82 Å². The minimum Gasteiger partial charge on any atom is -0.492 e. The molecule has 0 unspecified atom stereocenters. The van der Waals surface area contributed by atoms with Crippen molar-refractivity contribution >= 4 is 0 Å². The highest BCUT2D eigenvalue weighted by Crippen LogP contribution is 2.10. The molecular formula is C13H16FN3O. The van der Waals surface area contributed by atoms with Crippen molar-refractivity contribution in [3.05, 3.63) is 48.5 Å². The summed E-state index contributed by atoms with van der Waals surface area (Å²) in [7, 11) is 0. The largest absolute Gasteiger partial charge is 0.492 e. The Morgan fingerprint density at radius 1 is 1.22 bits per heavy atom. The molecule has 0 radical (unpaired) electrons. The second-order valence-electron chi connectivity index (χ2n) is 3.82. The second kappa shape index (κ2) is 6.76. The van der Waals surface area contributed by atoms with Crippen LogP contribution in [0.4, 0.5) is 4.39 Å². The Bertz CT molecular complexity index is 442. The maximum Gasteiger partial charge on any atom is 0.123 e. The molecule has 0 fully saturated rings. The van der Waals surface area contributed by atoms with Gasteiger partial charge in [-0.3, -0.25) is 4.68 Å². The van der Waals surface area contributed by atoms with Crippen molar-refractivity contribution in [2.75, 3.05) is 19.7 Å². The van der Waals surface area contributed by atoms with E-state index in [1.54, 1.807) is 18.3 Å². The fraction of sp³-hybridized carbons (Fsp3) is 0.308. The Balaban J connectivity index is 1.55. The number of hydrogen-bond donors (Lipinski definition) is 1. The number of nitrogens with zero attached hydrogens (tertiary/aromatic N) is 2. The molecule has 18 heavy (non-hydrogen) atoms. The van der Waals surface area contributed by atoms with E-state index in [1.807, 2.05) is 16.9 Å². The first kappa shape index (κ1) is 12.6. The van der Waals surface area contributed by atoms with E-state index >= 15 is 0 Å². The van der Waals surface area contributed by atoms with Gasteiger partial charge in [-0.15, -0.1) is 0 Å². The summed E-state index contributed by atoms with van der Waals surface area (Å²) in [6.07, 6.45) is 3.69. The van der Waals surface area contributed by atoms with E-state index < -0.39 is 0 Å². The molecule has 0 atom stereocenters. The summed E-state index contributed by atoms with van der Waals surface area (Å²) in [6.45, 7) is 2.99. The molecule has 2 aromatic rings. The Morgan fingerprint density at radius 3 is 2.78 bits per heavy atom. The lowest BCUT2D eigenvalue weighted by atomic mass is 10.3. The number of halogens is 1. The van der Waals surface area contributed by atoms with Gasteiger partial charge in [-0.25, -0.2) is 4.39 Å². The van der Waals surface area contributed by atoms with Gasteiger partial charge in [0.25, 0.3) is 0 Å². The van der Waals surface area contributed by atoms with Gasteiger partial charge in [0.2, 0.25) is 0 Å². The first-order valence-electron chi connectivity index (χ1n) is 5.91. The lowest BCUT2D eigenvalue weighted by Gasteiger charge is -2.07. The van der Waals surface area contributed by atoms with E-state index in [4.69, 9.17) is 4.74 Å². The zero-order valence-electron chi connectivity index (χ0n) is 10.1. The molecule has 1 heterocycles. The predicted octanol–water partition coefficient (Wildman–Crippen LogP) is 1.69. The molecule has 4 nitrogen and oxygen atoms in total. The fourth-order valence-electron chi connectivity index (χ4n) is 1.52. The number of aromatic nitrogens is 2. The van der Waals surface area contributed by atoms with Crippen molar-refractivity contribution in [2.24, 2.45) is 0 Å². The predicted molar refractivity (Wildman–Crippen MR) is 67.0 cm³/mol. The average molecular weight is 249 g/mol. The highest BCUT2D eigenvalue weighted by molar-refractivity contribution is 5.21. The molecule has 0 saturated heterocycles. The maximum absolute atomic E-state index is 12.6. The van der Waals surface area contributed by atoms with Crippen LogP contribution in [0.1, 0.15) is 0 Å². The van der Waals surface area contributed by atoms with Gasteiger partial charge >= 0.3 is 0 Å². The average Bonchev–Trinajstić information content (AvgIpc) is 2.89. The van der Waals surface area contributed by atoms with Crippen molar-refractivity contribution in [1.29, 1.82) is 0 Å². The van der Waals surface area contributed by atoms with Gasteiger partial charge in [-0.2, -0.15) is 5.10 Å². The number of benzene rings is 1. The van der Waals surface area contributed by atoms with Gasteiger partial charge in [-0.1, -0.05) is 0 Å². The monoisotopic (exact) mass is 249 g/mol. The van der Waals surface area contributed by atoms with Crippen molar-refractivity contribution in [2.45, 2.75) is 6.54 Å². The van der Waals surface area contributed by atoms with Gasteiger partial charge in [-0.05, 0) is 30.3 Å². The molecular weight excluding hydrogens is 233 g/mol. The van der Waals surface area contributed by atoms with Crippen LogP contribution in [0.15, 0.2) is 42.7 Å². The van der Waals surface area contributed by atoms with Crippen LogP contribution in [0.5, 0.6) is 5.75 Å². The smallest absolute Gasteiger partial charge is 0.123 e. The second-order valence-corrected chi connectivity index (χ2v) is 3.82. The number of rotatable bonds is 7. The van der Waals surface area contributed by atoms with Gasteiger partial charge in [0.05, 0.1) is 6.54 Å². The van der Waals surface area contributed by atoms with E-state index in [9.17, 15) is 4.39 Å². The Morgan fingerprint density at radius 2 is 2.06 bits per heavy atom. The van der Waals surface area contributed by atoms with Crippen molar-refractivity contribution in [3.8, 4) is 5.75 Å². The molecule has 0 aliphatic rings. The van der Waals surface area contributed by atoms with Crippen molar-refractivity contribution < 1.29 is 9.13 Å². The third-order valence-corrected chi connectivity index (χ3v) is 2.44. The van der Waals surface area contributed by atoms with Crippen molar-refractivity contribution in [1.82, 2.24) is 15.1 Å². The number of ether oxygens (including phenoxy) is 1. The zero-order chi connectivity index (χ0) is 12.6. The lowest BCUT2D eigenvalue weighted by molar-refractivity contribution is 0.312. The maximum atomic E-state index is 12.6. The molecule has 1 aromatic carbocycles. The van der Waals surface area contributed by atoms with Gasteiger partial charge in [0.15, 0.2) is 0 Å². The summed E-state index contributed by atoms with van der Waals surface area (Å²) in [6, 6.07) is 7.93. The first-order chi connectivity index (χ1) is 8.84. The third-order valence-electron chi connectivity index (χ3n) is 2.44. The molecule has 0 bridgehead atoms. The van der Waals surface area contributed by atoms with Crippen LogP contribution in [-0.4, -0.2) is 29.5 Å². The summed E-state index contributed by atoms with van der Waals surface area (Å²) < 4.78 is 19.9. The summed E-state index contributed by atoms with van der Waals surface area (Å²) in [5, 5.41) is 7.35. The van der Waals surface area contributed by atoms with E-state index in [2.05, 4.69) is 10.4 Å². The van der Waals surface area contributed by atoms with E-state index in [0.717, 1.165) is 19.6 Å². The van der Waals surface area contributed by atoms with E-state index in [0.29, 0.717) is 12.4 Å². The Labute approximate surface area is 105 Å². The highest BCUT2D eigenvalue weighted by atomic mass is 19.1. The summed E-state index contributed by atoms with van der Waals surface area (Å²) in [4.78, 5) is 0. The zero-order valence-corrected chi connectivity index (χ0v) is 10.1. The van der Waals surface area contributed by atoms with E-state index in [1.165, 1.54) is 12.1 Å². The summed E-state index contributed by atoms with van der Waals surface area (Å²) >= 11 is 0. The summed E-state index contributed by atoms with van der Waals surface area (Å²) in [5.41, 5.74) is 0. The van der Waals surface area contributed by atoms with Crippen LogP contribution >= 0.6 is 0 Å². The standard InChI is InChI=1S/C13H16FN3O/c14-12-2-4-13(5-3-12)18-11-8-15-7-10-17-9-1-6-16-17/h1-6,9,15H,7-8,10-11H2. The molecule has 2 rings (SSSR count). The molecule has 5 heteroatoms. The minimum atomic E-state index is -0.250. The Kier molecular flexibility index (Phi) is 4.72. The van der Waals surface area contributed by atoms with Crippen molar-refractivity contribution in [3.63, 3.8) is 0 Å². The number of nitrogens with one attached hydrogen (secondary N) is 1. The molecule has 0 saturated carbocycles. The van der Waals surface area contributed by atoms with Crippen LogP contribution in [-0.2, 0) is 6.54 Å². The molecule has 0 aliphatic heterocycles. The first-order valence-corrected chi connectivity index (χ1v) is 5.91.